The Balaban J connectivity index is 3.02. The summed E-state index contributed by atoms with van der Waals surface area (Å²) >= 11 is 3.10. The number of phenols is 1. The zero-order valence-electron chi connectivity index (χ0n) is 10.3. The minimum atomic E-state index is -2.63. The number of nitrogens with zero attached hydrogens (tertiary/aromatic N) is 1. The molecular weight excluding hydrogens is 324 g/mol. The Bertz CT molecular complexity index is 443. The molecule has 0 bridgehead atoms. The van der Waals surface area contributed by atoms with Gasteiger partial charge in [0.2, 0.25) is 0 Å². The number of phenolic OH excluding ortho intramolecular Hbond substituents is 1. The van der Waals surface area contributed by atoms with Crippen molar-refractivity contribution in [1.82, 2.24) is 4.90 Å². The van der Waals surface area contributed by atoms with E-state index in [1.165, 1.54) is 25.3 Å². The number of alkyl halides is 3. The van der Waals surface area contributed by atoms with Gasteiger partial charge in [-0.1, -0.05) is 22.0 Å². The fourth-order valence-electron chi connectivity index (χ4n) is 1.57. The van der Waals surface area contributed by atoms with E-state index in [-0.39, 0.29) is 23.6 Å². The van der Waals surface area contributed by atoms with Gasteiger partial charge in [-0.15, -0.1) is 0 Å². The number of halogens is 3. The minimum Gasteiger partial charge on any atom is -0.504 e. The smallest absolute Gasteiger partial charge is 0.257 e. The van der Waals surface area contributed by atoms with Gasteiger partial charge in [0.05, 0.1) is 19.2 Å². The molecule has 1 aromatic carbocycles. The molecule has 0 heterocycles. The first-order chi connectivity index (χ1) is 9.01. The summed E-state index contributed by atoms with van der Waals surface area (Å²) in [5.74, 6) is -0.873. The van der Waals surface area contributed by atoms with E-state index in [1.807, 2.05) is 0 Å². The molecule has 0 atom stereocenters. The van der Waals surface area contributed by atoms with Gasteiger partial charge in [-0.25, -0.2) is 8.78 Å². The Kier molecular flexibility index (Phi) is 6.01. The topological polar surface area (TPSA) is 49.8 Å². The number of carbonyl (C=O) groups excluding carboxylic acids is 1. The first-order valence-electron chi connectivity index (χ1n) is 5.50. The standard InChI is InChI=1S/C12H14BrF2NO3/c1-19-9-4-2-3-8(11(9)17)12(18)16(6-5-13)7-10(14)15/h2-4,10,17H,5-7H2,1H3. The van der Waals surface area contributed by atoms with Crippen LogP contribution >= 0.6 is 15.9 Å². The van der Waals surface area contributed by atoms with Gasteiger partial charge in [0.15, 0.2) is 11.5 Å². The van der Waals surface area contributed by atoms with Crippen LogP contribution in [-0.4, -0.2) is 47.9 Å². The van der Waals surface area contributed by atoms with E-state index in [9.17, 15) is 18.7 Å². The van der Waals surface area contributed by atoms with Gasteiger partial charge in [-0.05, 0) is 12.1 Å². The molecule has 0 unspecified atom stereocenters. The van der Waals surface area contributed by atoms with Crippen molar-refractivity contribution >= 4 is 21.8 Å². The highest BCUT2D eigenvalue weighted by atomic mass is 79.9. The highest BCUT2D eigenvalue weighted by Crippen LogP contribution is 2.30. The number of ether oxygens (including phenoxy) is 1. The number of para-hydroxylation sites is 1. The highest BCUT2D eigenvalue weighted by Gasteiger charge is 2.23. The van der Waals surface area contributed by atoms with Crippen LogP contribution in [0.4, 0.5) is 8.78 Å². The summed E-state index contributed by atoms with van der Waals surface area (Å²) in [6, 6.07) is 4.36. The van der Waals surface area contributed by atoms with Crippen molar-refractivity contribution in [2.75, 3.05) is 25.5 Å². The van der Waals surface area contributed by atoms with E-state index >= 15 is 0 Å². The van der Waals surface area contributed by atoms with Crippen LogP contribution in [0.2, 0.25) is 0 Å². The highest BCUT2D eigenvalue weighted by molar-refractivity contribution is 9.09. The van der Waals surface area contributed by atoms with E-state index in [0.717, 1.165) is 4.90 Å². The maximum Gasteiger partial charge on any atom is 0.257 e. The lowest BCUT2D eigenvalue weighted by molar-refractivity contribution is 0.0569. The van der Waals surface area contributed by atoms with Crippen LogP contribution < -0.4 is 4.74 Å². The van der Waals surface area contributed by atoms with Crippen molar-refractivity contribution in [2.45, 2.75) is 6.43 Å². The van der Waals surface area contributed by atoms with Crippen molar-refractivity contribution in [1.29, 1.82) is 0 Å². The van der Waals surface area contributed by atoms with E-state index in [0.29, 0.717) is 5.33 Å². The first kappa shape index (κ1) is 15.7. The number of hydrogen-bond acceptors (Lipinski definition) is 3. The molecule has 4 nitrogen and oxygen atoms in total. The van der Waals surface area contributed by atoms with Gasteiger partial charge < -0.3 is 14.7 Å². The number of hydrogen-bond donors (Lipinski definition) is 1. The number of aromatic hydroxyl groups is 1. The molecule has 0 radical (unpaired) electrons. The lowest BCUT2D eigenvalue weighted by Crippen LogP contribution is -2.36. The zero-order valence-corrected chi connectivity index (χ0v) is 11.9. The molecule has 7 heteroatoms. The van der Waals surface area contributed by atoms with Crippen molar-refractivity contribution < 1.29 is 23.4 Å². The second-order valence-electron chi connectivity index (χ2n) is 3.69. The Morgan fingerprint density at radius 1 is 1.53 bits per heavy atom. The summed E-state index contributed by atoms with van der Waals surface area (Å²) in [4.78, 5) is 13.1. The quantitative estimate of drug-likeness (QED) is 0.811. The predicted molar refractivity (Wildman–Crippen MR) is 70.4 cm³/mol. The lowest BCUT2D eigenvalue weighted by atomic mass is 10.1. The molecule has 0 saturated heterocycles. The van der Waals surface area contributed by atoms with Gasteiger partial charge in [0.25, 0.3) is 12.3 Å². The average Bonchev–Trinajstić information content (AvgIpc) is 2.37. The fourth-order valence-corrected chi connectivity index (χ4v) is 2.00. The van der Waals surface area contributed by atoms with Crippen LogP contribution in [0.1, 0.15) is 10.4 Å². The molecule has 1 rings (SSSR count). The fraction of sp³-hybridized carbons (Fsp3) is 0.417. The summed E-state index contributed by atoms with van der Waals surface area (Å²) in [5, 5.41) is 10.2. The molecule has 0 aliphatic rings. The average molecular weight is 338 g/mol. The van der Waals surface area contributed by atoms with Crippen molar-refractivity contribution in [2.24, 2.45) is 0 Å². The second kappa shape index (κ2) is 7.28. The van der Waals surface area contributed by atoms with E-state index < -0.39 is 18.9 Å². The van der Waals surface area contributed by atoms with E-state index in [2.05, 4.69) is 15.9 Å². The second-order valence-corrected chi connectivity index (χ2v) is 4.48. The van der Waals surface area contributed by atoms with Crippen LogP contribution in [0.25, 0.3) is 0 Å². The molecular formula is C12H14BrF2NO3. The largest absolute Gasteiger partial charge is 0.504 e. The summed E-state index contributed by atoms with van der Waals surface area (Å²) in [7, 11) is 1.35. The Labute approximate surface area is 118 Å². The maximum atomic E-state index is 12.4. The van der Waals surface area contributed by atoms with Crippen LogP contribution in [0.15, 0.2) is 18.2 Å². The summed E-state index contributed by atoms with van der Waals surface area (Å²) in [6.07, 6.45) is -2.63. The Morgan fingerprint density at radius 3 is 2.74 bits per heavy atom. The molecule has 0 fully saturated rings. The molecule has 1 aromatic rings. The SMILES string of the molecule is COc1cccc(C(=O)N(CCBr)CC(F)F)c1O. The molecule has 1 N–H and O–H groups in total. The molecule has 0 aliphatic heterocycles. The molecule has 19 heavy (non-hydrogen) atoms. The number of rotatable bonds is 6. The zero-order chi connectivity index (χ0) is 14.4. The summed E-state index contributed by atoms with van der Waals surface area (Å²) in [6.45, 7) is -0.555. The Hall–Kier alpha value is -1.37. The molecule has 106 valence electrons. The summed E-state index contributed by atoms with van der Waals surface area (Å²) in [5.41, 5.74) is -0.0547. The number of benzene rings is 1. The first-order valence-corrected chi connectivity index (χ1v) is 6.62. The third-order valence-electron chi connectivity index (χ3n) is 2.45. The molecule has 0 saturated carbocycles. The molecule has 0 spiro atoms. The maximum absolute atomic E-state index is 12.4. The monoisotopic (exact) mass is 337 g/mol. The van der Waals surface area contributed by atoms with Gasteiger partial charge in [-0.2, -0.15) is 0 Å². The van der Waals surface area contributed by atoms with Crippen LogP contribution in [0, 0.1) is 0 Å². The third-order valence-corrected chi connectivity index (χ3v) is 2.80. The van der Waals surface area contributed by atoms with Gasteiger partial charge >= 0.3 is 0 Å². The van der Waals surface area contributed by atoms with Crippen LogP contribution in [0.3, 0.4) is 0 Å². The van der Waals surface area contributed by atoms with Crippen molar-refractivity contribution in [3.8, 4) is 11.5 Å². The third kappa shape index (κ3) is 4.05. The number of carbonyl (C=O) groups is 1. The minimum absolute atomic E-state index is 0.0547. The van der Waals surface area contributed by atoms with Crippen LogP contribution in [-0.2, 0) is 0 Å². The van der Waals surface area contributed by atoms with Crippen molar-refractivity contribution in [3.05, 3.63) is 23.8 Å². The predicted octanol–water partition coefficient (Wildman–Crippen LogP) is 2.50. The normalized spacial score (nSPS) is 10.6. The Morgan fingerprint density at radius 2 is 2.21 bits per heavy atom. The van der Waals surface area contributed by atoms with Gasteiger partial charge in [0, 0.05) is 11.9 Å². The van der Waals surface area contributed by atoms with Crippen molar-refractivity contribution in [3.63, 3.8) is 0 Å². The summed E-state index contributed by atoms with van der Waals surface area (Å²) < 4.78 is 29.7. The van der Waals surface area contributed by atoms with Gasteiger partial charge in [-0.3, -0.25) is 4.79 Å². The molecule has 0 aromatic heterocycles. The van der Waals surface area contributed by atoms with Gasteiger partial charge in [0.1, 0.15) is 0 Å². The van der Waals surface area contributed by atoms with E-state index in [1.54, 1.807) is 0 Å². The lowest BCUT2D eigenvalue weighted by Gasteiger charge is -2.22. The van der Waals surface area contributed by atoms with Crippen LogP contribution in [0.5, 0.6) is 11.5 Å². The number of amides is 1. The molecule has 1 amide bonds. The van der Waals surface area contributed by atoms with E-state index in [4.69, 9.17) is 4.74 Å². The molecule has 0 aliphatic carbocycles. The number of methoxy groups -OCH3 is 1.